The first-order chi connectivity index (χ1) is 9.65. The molecule has 2 aromatic rings. The number of hydrogen-bond donors (Lipinski definition) is 2. The van der Waals surface area contributed by atoms with Gasteiger partial charge in [-0.3, -0.25) is 0 Å². The highest BCUT2D eigenvalue weighted by molar-refractivity contribution is 5.92. The monoisotopic (exact) mass is 271 g/mol. The molecule has 2 aromatic carbocycles. The van der Waals surface area contributed by atoms with Crippen molar-refractivity contribution in [1.82, 2.24) is 0 Å². The molecule has 102 valence electrons. The fourth-order valence-electron chi connectivity index (χ4n) is 2.36. The molecule has 0 saturated heterocycles. The van der Waals surface area contributed by atoms with Crippen LogP contribution in [0.3, 0.4) is 0 Å². The maximum Gasteiger partial charge on any atom is 0.339 e. The van der Waals surface area contributed by atoms with Crippen LogP contribution < -0.4 is 5.23 Å². The molecule has 1 aliphatic rings. The van der Waals surface area contributed by atoms with E-state index in [1.54, 1.807) is 18.2 Å². The van der Waals surface area contributed by atoms with Gasteiger partial charge in [0, 0.05) is 18.6 Å². The van der Waals surface area contributed by atoms with E-state index in [4.69, 9.17) is 9.94 Å². The summed E-state index contributed by atoms with van der Waals surface area (Å²) in [5, 5.41) is 18.7. The molecule has 0 radical (unpaired) electrons. The standard InChI is InChI=1S/C15H13NO4/c17-15-13-4-2-1-3-11(13)9-14(20-15)10-5-7-12(8-6-10)16(18)19/h1-8,14,16,18H,9H2/t14-/m0/s1. The number of cyclic esters (lactones) is 1. The van der Waals surface area contributed by atoms with Crippen molar-refractivity contribution in [3.8, 4) is 0 Å². The van der Waals surface area contributed by atoms with Crippen molar-refractivity contribution in [3.63, 3.8) is 0 Å². The topological polar surface area (TPSA) is 74.0 Å². The molecule has 0 saturated carbocycles. The largest absolute Gasteiger partial charge is 0.595 e. The van der Waals surface area contributed by atoms with Crippen LogP contribution in [0.4, 0.5) is 5.69 Å². The molecule has 5 nitrogen and oxygen atoms in total. The quantitative estimate of drug-likeness (QED) is 0.642. The molecule has 0 spiro atoms. The lowest BCUT2D eigenvalue weighted by Gasteiger charge is -2.25. The van der Waals surface area contributed by atoms with Crippen molar-refractivity contribution >= 4 is 11.7 Å². The van der Waals surface area contributed by atoms with E-state index in [-0.39, 0.29) is 17.8 Å². The summed E-state index contributed by atoms with van der Waals surface area (Å²) in [4.78, 5) is 11.9. The van der Waals surface area contributed by atoms with Crippen molar-refractivity contribution in [1.29, 1.82) is 0 Å². The summed E-state index contributed by atoms with van der Waals surface area (Å²) < 4.78 is 5.41. The van der Waals surface area contributed by atoms with Crippen molar-refractivity contribution < 1.29 is 20.0 Å². The number of esters is 1. The minimum atomic E-state index is -0.970. The maximum absolute atomic E-state index is 11.9. The number of hydrogen-bond acceptors (Lipinski definition) is 4. The minimum absolute atomic E-state index is 0.219. The first-order valence-corrected chi connectivity index (χ1v) is 6.27. The SMILES string of the molecule is O=C1O[C@H](c2ccc([NH+]([O-])O)cc2)Cc2ccccc21. The van der Waals surface area contributed by atoms with E-state index >= 15 is 0 Å². The molecule has 3 rings (SSSR count). The number of benzene rings is 2. The number of quaternary nitrogens is 1. The normalized spacial score (nSPS) is 19.1. The summed E-state index contributed by atoms with van der Waals surface area (Å²) in [5.74, 6) is -0.334. The van der Waals surface area contributed by atoms with Gasteiger partial charge in [-0.1, -0.05) is 18.2 Å². The second kappa shape index (κ2) is 5.05. The third kappa shape index (κ3) is 2.30. The van der Waals surface area contributed by atoms with Gasteiger partial charge in [-0.25, -0.2) is 10.0 Å². The molecule has 2 N–H and O–H groups in total. The molecule has 1 aliphatic heterocycles. The van der Waals surface area contributed by atoms with Crippen LogP contribution in [0.5, 0.6) is 0 Å². The number of carbonyl (C=O) groups excluding carboxylic acids is 1. The molecule has 0 amide bonds. The molecule has 0 bridgehead atoms. The molecule has 0 fully saturated rings. The van der Waals surface area contributed by atoms with Crippen LogP contribution in [0.2, 0.25) is 0 Å². The Balaban J connectivity index is 1.88. The summed E-state index contributed by atoms with van der Waals surface area (Å²) in [6.45, 7) is 0. The van der Waals surface area contributed by atoms with Crippen LogP contribution in [-0.4, -0.2) is 11.2 Å². The summed E-state index contributed by atoms with van der Waals surface area (Å²) >= 11 is 0. The van der Waals surface area contributed by atoms with Gasteiger partial charge in [-0.15, -0.1) is 0 Å². The van der Waals surface area contributed by atoms with Gasteiger partial charge >= 0.3 is 5.97 Å². The van der Waals surface area contributed by atoms with Gasteiger partial charge < -0.3 is 9.94 Å². The van der Waals surface area contributed by atoms with Crippen LogP contribution in [-0.2, 0) is 11.2 Å². The van der Waals surface area contributed by atoms with Gasteiger partial charge in [0.15, 0.2) is 5.69 Å². The van der Waals surface area contributed by atoms with Crippen LogP contribution in [0.15, 0.2) is 48.5 Å². The molecule has 1 heterocycles. The van der Waals surface area contributed by atoms with E-state index in [9.17, 15) is 10.0 Å². The number of nitrogens with one attached hydrogen (secondary N) is 1. The predicted molar refractivity (Wildman–Crippen MR) is 70.5 cm³/mol. The van der Waals surface area contributed by atoms with Crippen molar-refractivity contribution in [2.75, 3.05) is 0 Å². The average molecular weight is 271 g/mol. The second-order valence-electron chi connectivity index (χ2n) is 4.68. The number of ether oxygens (including phenoxy) is 1. The van der Waals surface area contributed by atoms with Crippen molar-refractivity contribution in [3.05, 3.63) is 70.4 Å². The first-order valence-electron chi connectivity index (χ1n) is 6.27. The van der Waals surface area contributed by atoms with Crippen LogP contribution >= 0.6 is 0 Å². The Morgan fingerprint density at radius 1 is 1.15 bits per heavy atom. The third-order valence-corrected chi connectivity index (χ3v) is 3.42. The molecular formula is C15H13NO4. The van der Waals surface area contributed by atoms with Gasteiger partial charge in [0.25, 0.3) is 0 Å². The van der Waals surface area contributed by atoms with Crippen LogP contribution in [0, 0.1) is 5.21 Å². The summed E-state index contributed by atoms with van der Waals surface area (Å²) in [7, 11) is 0. The maximum atomic E-state index is 11.9. The van der Waals surface area contributed by atoms with E-state index in [1.165, 1.54) is 12.1 Å². The second-order valence-corrected chi connectivity index (χ2v) is 4.68. The Bertz CT molecular complexity index is 637. The Kier molecular flexibility index (Phi) is 3.23. The van der Waals surface area contributed by atoms with E-state index < -0.39 is 5.23 Å². The Morgan fingerprint density at radius 3 is 2.55 bits per heavy atom. The van der Waals surface area contributed by atoms with Crippen molar-refractivity contribution in [2.45, 2.75) is 12.5 Å². The average Bonchev–Trinajstić information content (AvgIpc) is 2.47. The van der Waals surface area contributed by atoms with Gasteiger partial charge in [0.05, 0.1) is 5.56 Å². The Morgan fingerprint density at radius 2 is 1.85 bits per heavy atom. The zero-order valence-electron chi connectivity index (χ0n) is 10.6. The number of fused-ring (bicyclic) bond motifs is 1. The van der Waals surface area contributed by atoms with E-state index in [1.807, 2.05) is 18.2 Å². The fraction of sp³-hybridized carbons (Fsp3) is 0.133. The third-order valence-electron chi connectivity index (χ3n) is 3.42. The smallest absolute Gasteiger partial charge is 0.339 e. The van der Waals surface area contributed by atoms with Gasteiger partial charge in [-0.05, 0) is 29.3 Å². The van der Waals surface area contributed by atoms with Crippen LogP contribution in [0.1, 0.15) is 27.6 Å². The zero-order chi connectivity index (χ0) is 14.1. The fourth-order valence-corrected chi connectivity index (χ4v) is 2.36. The van der Waals surface area contributed by atoms with Gasteiger partial charge in [0.2, 0.25) is 0 Å². The number of carbonyl (C=O) groups is 1. The summed E-state index contributed by atoms with van der Waals surface area (Å²) in [6.07, 6.45) is 0.245. The molecule has 5 heteroatoms. The summed E-state index contributed by atoms with van der Waals surface area (Å²) in [5.41, 5.74) is 2.58. The Hall–Kier alpha value is -2.21. The Labute approximate surface area is 115 Å². The van der Waals surface area contributed by atoms with E-state index in [0.717, 1.165) is 11.1 Å². The number of rotatable bonds is 2. The van der Waals surface area contributed by atoms with E-state index in [2.05, 4.69) is 0 Å². The lowest BCUT2D eigenvalue weighted by atomic mass is 9.95. The van der Waals surface area contributed by atoms with E-state index in [0.29, 0.717) is 12.0 Å². The first kappa shape index (κ1) is 12.8. The highest BCUT2D eigenvalue weighted by Gasteiger charge is 2.27. The molecular weight excluding hydrogens is 258 g/mol. The molecule has 20 heavy (non-hydrogen) atoms. The van der Waals surface area contributed by atoms with Crippen molar-refractivity contribution in [2.24, 2.45) is 0 Å². The summed E-state index contributed by atoms with van der Waals surface area (Å²) in [6, 6.07) is 13.8. The molecule has 1 unspecified atom stereocenters. The lowest BCUT2D eigenvalue weighted by Crippen LogP contribution is -2.99. The highest BCUT2D eigenvalue weighted by atomic mass is 16.8. The lowest BCUT2D eigenvalue weighted by molar-refractivity contribution is -0.991. The zero-order valence-corrected chi connectivity index (χ0v) is 10.6. The minimum Gasteiger partial charge on any atom is -0.595 e. The molecule has 0 aromatic heterocycles. The highest BCUT2D eigenvalue weighted by Crippen LogP contribution is 2.30. The van der Waals surface area contributed by atoms with Gasteiger partial charge in [-0.2, -0.15) is 5.23 Å². The molecule has 0 aliphatic carbocycles. The predicted octanol–water partition coefficient (Wildman–Crippen LogP) is 1.54. The van der Waals surface area contributed by atoms with Crippen LogP contribution in [0.25, 0.3) is 0 Å². The van der Waals surface area contributed by atoms with Gasteiger partial charge in [0.1, 0.15) is 6.10 Å². The molecule has 2 atom stereocenters.